The fourth-order valence-electron chi connectivity index (χ4n) is 3.56. The Hall–Kier alpha value is -3.55. The van der Waals surface area contributed by atoms with E-state index in [0.29, 0.717) is 31.3 Å². The maximum atomic E-state index is 12.9. The molecule has 3 heterocycles. The van der Waals surface area contributed by atoms with Crippen molar-refractivity contribution in [2.75, 3.05) is 30.5 Å². The Balaban J connectivity index is 1.51. The summed E-state index contributed by atoms with van der Waals surface area (Å²) in [5.74, 6) is 1.86. The first-order chi connectivity index (χ1) is 14.2. The minimum absolute atomic E-state index is 0.00984. The number of benzene rings is 1. The zero-order valence-electron chi connectivity index (χ0n) is 16.2. The molecule has 0 bridgehead atoms. The Bertz CT molecular complexity index is 959. The van der Waals surface area contributed by atoms with Crippen molar-refractivity contribution in [3.63, 3.8) is 0 Å². The third-order valence-electron chi connectivity index (χ3n) is 5.02. The summed E-state index contributed by atoms with van der Waals surface area (Å²) in [6.07, 6.45) is 3.24. The lowest BCUT2D eigenvalue weighted by molar-refractivity contribution is -0.117. The smallest absolute Gasteiger partial charge is 0.250 e. The van der Waals surface area contributed by atoms with Gasteiger partial charge in [0.25, 0.3) is 5.91 Å². The number of hydrazone groups is 1. The number of pyridine rings is 1. The first-order valence-corrected chi connectivity index (χ1v) is 9.46. The van der Waals surface area contributed by atoms with Crippen LogP contribution < -0.4 is 25.1 Å². The second kappa shape index (κ2) is 8.22. The van der Waals surface area contributed by atoms with E-state index in [9.17, 15) is 4.79 Å². The minimum atomic E-state index is -0.306. The topological polar surface area (TPSA) is 88.1 Å². The van der Waals surface area contributed by atoms with Crippen LogP contribution in [0.4, 0.5) is 11.5 Å². The fraction of sp³-hybridized carbons (Fsp3) is 0.286. The molecule has 1 fully saturated rings. The predicted molar refractivity (Wildman–Crippen MR) is 112 cm³/mol. The molecule has 0 radical (unpaired) electrons. The van der Waals surface area contributed by atoms with E-state index < -0.39 is 0 Å². The van der Waals surface area contributed by atoms with Crippen LogP contribution in [0.5, 0.6) is 11.6 Å². The van der Waals surface area contributed by atoms with Gasteiger partial charge in [0.15, 0.2) is 0 Å². The monoisotopic (exact) mass is 393 g/mol. The van der Waals surface area contributed by atoms with E-state index in [1.807, 2.05) is 36.4 Å². The summed E-state index contributed by atoms with van der Waals surface area (Å²) < 4.78 is 11.0. The highest BCUT2D eigenvalue weighted by atomic mass is 16.5. The van der Waals surface area contributed by atoms with Gasteiger partial charge in [-0.2, -0.15) is 10.1 Å². The molecule has 1 unspecified atom stereocenters. The molecule has 1 amide bonds. The first kappa shape index (κ1) is 18.8. The molecule has 0 spiro atoms. The van der Waals surface area contributed by atoms with Crippen molar-refractivity contribution in [2.24, 2.45) is 5.10 Å². The summed E-state index contributed by atoms with van der Waals surface area (Å²) in [6.45, 7) is 4.54. The van der Waals surface area contributed by atoms with Crippen molar-refractivity contribution in [2.45, 2.75) is 18.9 Å². The number of amides is 1. The second-order valence-electron chi connectivity index (χ2n) is 6.78. The van der Waals surface area contributed by atoms with Crippen LogP contribution in [-0.4, -0.2) is 43.9 Å². The number of fused-ring (bicyclic) bond motifs is 1. The average molecular weight is 393 g/mol. The van der Waals surface area contributed by atoms with Gasteiger partial charge in [-0.05, 0) is 36.3 Å². The summed E-state index contributed by atoms with van der Waals surface area (Å²) in [5.41, 5.74) is 5.55. The number of carbonyl (C=O) groups is 1. The van der Waals surface area contributed by atoms with Crippen LogP contribution in [0.1, 0.15) is 18.4 Å². The quantitative estimate of drug-likeness (QED) is 0.579. The molecule has 0 saturated carbocycles. The van der Waals surface area contributed by atoms with Gasteiger partial charge in [0.05, 0.1) is 13.7 Å². The van der Waals surface area contributed by atoms with E-state index in [1.165, 1.54) is 0 Å². The molecule has 2 aromatic rings. The number of carbonyl (C=O) groups excluding carboxylic acids is 1. The van der Waals surface area contributed by atoms with Crippen molar-refractivity contribution in [3.05, 3.63) is 48.2 Å². The molecule has 1 aromatic carbocycles. The number of nitrogens with zero attached hydrogens (tertiary/aromatic N) is 3. The molecule has 4 rings (SSSR count). The number of nitrogens with one attached hydrogen (secondary N) is 2. The van der Waals surface area contributed by atoms with Crippen molar-refractivity contribution in [3.8, 4) is 11.6 Å². The summed E-state index contributed by atoms with van der Waals surface area (Å²) in [5, 5.41) is 6.94. The number of hydrogen-bond donors (Lipinski definition) is 2. The van der Waals surface area contributed by atoms with Crippen LogP contribution in [0.2, 0.25) is 0 Å². The van der Waals surface area contributed by atoms with Gasteiger partial charge in [-0.1, -0.05) is 6.07 Å². The highest BCUT2D eigenvalue weighted by molar-refractivity contribution is 6.00. The molecule has 150 valence electrons. The normalized spacial score (nSPS) is 19.5. The molecule has 1 atom stereocenters. The molecule has 8 nitrogen and oxygen atoms in total. The van der Waals surface area contributed by atoms with Crippen LogP contribution >= 0.6 is 0 Å². The molecule has 29 heavy (non-hydrogen) atoms. The predicted octanol–water partition coefficient (Wildman–Crippen LogP) is 2.64. The second-order valence-corrected chi connectivity index (χ2v) is 6.78. The number of methoxy groups -OCH3 is 1. The van der Waals surface area contributed by atoms with Crippen LogP contribution in [-0.2, 0) is 4.79 Å². The molecular formula is C21H23N5O3. The number of ether oxygens (including phenoxy) is 2. The van der Waals surface area contributed by atoms with E-state index in [-0.39, 0.29) is 11.9 Å². The first-order valence-electron chi connectivity index (χ1n) is 9.46. The van der Waals surface area contributed by atoms with Crippen molar-refractivity contribution in [1.29, 1.82) is 0 Å². The number of hydrogen-bond acceptors (Lipinski definition) is 7. The lowest BCUT2D eigenvalue weighted by Gasteiger charge is -2.22. The largest absolute Gasteiger partial charge is 0.497 e. The summed E-state index contributed by atoms with van der Waals surface area (Å²) in [6, 6.07) is 11.0. The van der Waals surface area contributed by atoms with Gasteiger partial charge < -0.3 is 14.8 Å². The third-order valence-corrected chi connectivity index (χ3v) is 5.02. The Morgan fingerprint density at radius 3 is 3.10 bits per heavy atom. The van der Waals surface area contributed by atoms with Gasteiger partial charge in [-0.15, -0.1) is 0 Å². The Kier molecular flexibility index (Phi) is 5.33. The Morgan fingerprint density at radius 2 is 2.28 bits per heavy atom. The van der Waals surface area contributed by atoms with Crippen LogP contribution in [0, 0.1) is 0 Å². The molecular weight excluding hydrogens is 370 g/mol. The van der Waals surface area contributed by atoms with Gasteiger partial charge in [0, 0.05) is 43.2 Å². The third kappa shape index (κ3) is 3.87. The van der Waals surface area contributed by atoms with Gasteiger partial charge in [-0.25, -0.2) is 0 Å². The van der Waals surface area contributed by atoms with Crippen LogP contribution in [0.3, 0.4) is 0 Å². The number of rotatable bonds is 6. The summed E-state index contributed by atoms with van der Waals surface area (Å²) in [4.78, 5) is 19.2. The number of anilines is 2. The maximum Gasteiger partial charge on any atom is 0.250 e. The van der Waals surface area contributed by atoms with E-state index in [2.05, 4.69) is 27.5 Å². The van der Waals surface area contributed by atoms with E-state index in [0.717, 1.165) is 29.0 Å². The molecule has 2 aliphatic heterocycles. The molecule has 1 saturated heterocycles. The van der Waals surface area contributed by atoms with Crippen molar-refractivity contribution in [1.82, 2.24) is 10.4 Å². The summed E-state index contributed by atoms with van der Waals surface area (Å²) in [7, 11) is 1.62. The number of aromatic nitrogens is 1. The van der Waals surface area contributed by atoms with Crippen LogP contribution in [0.25, 0.3) is 5.57 Å². The van der Waals surface area contributed by atoms with Gasteiger partial charge in [0.1, 0.15) is 17.6 Å². The highest BCUT2D eigenvalue weighted by Gasteiger charge is 2.34. The molecule has 2 aliphatic rings. The van der Waals surface area contributed by atoms with E-state index in [1.54, 1.807) is 18.2 Å². The average Bonchev–Trinajstić information content (AvgIpc) is 3.12. The zero-order chi connectivity index (χ0) is 20.2. The minimum Gasteiger partial charge on any atom is -0.497 e. The standard InChI is InChI=1S/C21H23N5O3/c1-22-23-13-14-9-11-29-20-17(14)6-7-19(25-20)26-10-8-18(21(26)27)24-15-4-3-5-16(12-15)28-2/h3-7,12-13,18,23-24H,1,8-11H2,2H3/b14-13+. The Labute approximate surface area is 169 Å². The maximum absolute atomic E-state index is 12.9. The Morgan fingerprint density at radius 1 is 1.38 bits per heavy atom. The van der Waals surface area contributed by atoms with Gasteiger partial charge in [-0.3, -0.25) is 15.1 Å². The molecule has 8 heteroatoms. The van der Waals surface area contributed by atoms with E-state index in [4.69, 9.17) is 9.47 Å². The van der Waals surface area contributed by atoms with Crippen LogP contribution in [0.15, 0.2) is 47.7 Å². The van der Waals surface area contributed by atoms with Gasteiger partial charge >= 0.3 is 0 Å². The lowest BCUT2D eigenvalue weighted by atomic mass is 10.0. The molecule has 1 aromatic heterocycles. The fourth-order valence-corrected chi connectivity index (χ4v) is 3.56. The van der Waals surface area contributed by atoms with Crippen molar-refractivity contribution < 1.29 is 14.3 Å². The van der Waals surface area contributed by atoms with Crippen molar-refractivity contribution >= 4 is 29.7 Å². The van der Waals surface area contributed by atoms with Gasteiger partial charge in [0.2, 0.25) is 5.88 Å². The zero-order valence-corrected chi connectivity index (χ0v) is 16.2. The SMILES string of the molecule is C=NN/C=C1\CCOc2nc(N3CCC(Nc4cccc(OC)c4)C3=O)ccc21. The molecule has 0 aliphatic carbocycles. The highest BCUT2D eigenvalue weighted by Crippen LogP contribution is 2.34. The lowest BCUT2D eigenvalue weighted by Crippen LogP contribution is -2.34. The molecule has 2 N–H and O–H groups in total. The summed E-state index contributed by atoms with van der Waals surface area (Å²) >= 11 is 0. The van der Waals surface area contributed by atoms with E-state index >= 15 is 0 Å².